The van der Waals surface area contributed by atoms with Crippen LogP contribution in [0.25, 0.3) is 0 Å². The van der Waals surface area contributed by atoms with E-state index in [4.69, 9.17) is 0 Å². The molecule has 0 aliphatic rings. The number of hydrogen-bond donors (Lipinski definition) is 0. The van der Waals surface area contributed by atoms with Crippen LogP contribution in [0.4, 0.5) is 0 Å². The van der Waals surface area contributed by atoms with Crippen molar-refractivity contribution in [2.75, 3.05) is 0 Å². The van der Waals surface area contributed by atoms with E-state index in [1.165, 1.54) is 12.8 Å². The molecule has 0 spiro atoms. The number of rotatable bonds is 7. The summed E-state index contributed by atoms with van der Waals surface area (Å²) < 4.78 is 5.19. The van der Waals surface area contributed by atoms with Crippen LogP contribution in [0.2, 0.25) is 51.8 Å². The van der Waals surface area contributed by atoms with E-state index in [0.29, 0.717) is 0 Å². The molecular formula is C12H31ClSi2Sn. The average Bonchev–Trinajstić information content (AvgIpc) is 1.94. The van der Waals surface area contributed by atoms with E-state index >= 15 is 0 Å². The summed E-state index contributed by atoms with van der Waals surface area (Å²) in [5.74, 6) is 0. The summed E-state index contributed by atoms with van der Waals surface area (Å²) in [6.07, 6.45) is 2.95. The van der Waals surface area contributed by atoms with Gasteiger partial charge < -0.3 is 12.4 Å². The molecule has 0 aromatic rings. The van der Waals surface area contributed by atoms with Gasteiger partial charge in [-0.05, 0) is 0 Å². The van der Waals surface area contributed by atoms with Gasteiger partial charge in [0.1, 0.15) is 0 Å². The molecule has 0 saturated heterocycles. The van der Waals surface area contributed by atoms with Crippen LogP contribution >= 0.6 is 0 Å². The van der Waals surface area contributed by atoms with Crippen molar-refractivity contribution < 1.29 is 12.4 Å². The Hall–Kier alpha value is 1.52. The zero-order valence-corrected chi connectivity index (χ0v) is 18.0. The summed E-state index contributed by atoms with van der Waals surface area (Å²) in [6, 6.07) is 0. The second kappa shape index (κ2) is 8.59. The SMILES string of the molecule is CCC[CH2][Sn+]([CH2][Si](C)(C)C)[CH2][Si](C)(C)C.[Cl-]. The minimum Gasteiger partial charge on any atom is -1.00 e. The van der Waals surface area contributed by atoms with Crippen molar-refractivity contribution in [2.24, 2.45) is 0 Å². The van der Waals surface area contributed by atoms with Gasteiger partial charge in [0.15, 0.2) is 0 Å². The Morgan fingerprint density at radius 1 is 0.812 bits per heavy atom. The first kappa shape index (κ1) is 19.9. The van der Waals surface area contributed by atoms with E-state index < -0.39 is 35.9 Å². The summed E-state index contributed by atoms with van der Waals surface area (Å²) in [4.78, 5) is 0. The van der Waals surface area contributed by atoms with Gasteiger partial charge in [-0.3, -0.25) is 0 Å². The summed E-state index contributed by atoms with van der Waals surface area (Å²) in [6.45, 7) is 17.8. The van der Waals surface area contributed by atoms with Gasteiger partial charge in [0, 0.05) is 0 Å². The second-order valence-electron chi connectivity index (χ2n) is 7.33. The Kier molecular flexibility index (Phi) is 10.7. The smallest absolute Gasteiger partial charge is 1.00 e. The third kappa shape index (κ3) is 13.6. The van der Waals surface area contributed by atoms with Crippen molar-refractivity contribution in [1.29, 1.82) is 0 Å². The number of unbranched alkanes of at least 4 members (excludes halogenated alkanes) is 1. The third-order valence-corrected chi connectivity index (χ3v) is 35.3. The molecule has 0 rings (SSSR count). The van der Waals surface area contributed by atoms with Gasteiger partial charge in [0.2, 0.25) is 0 Å². The molecule has 4 heteroatoms. The molecule has 16 heavy (non-hydrogen) atoms. The van der Waals surface area contributed by atoms with Crippen LogP contribution in [0, 0.1) is 0 Å². The Labute approximate surface area is 119 Å². The number of halogens is 1. The first-order valence-corrected chi connectivity index (χ1v) is 19.9. The van der Waals surface area contributed by atoms with Gasteiger partial charge >= 0.3 is 108 Å². The maximum absolute atomic E-state index is 2.57. The topological polar surface area (TPSA) is 0 Å². The molecule has 0 bridgehead atoms. The average molecular weight is 386 g/mol. The fraction of sp³-hybridized carbons (Fsp3) is 1.00. The van der Waals surface area contributed by atoms with Crippen molar-refractivity contribution in [3.05, 3.63) is 0 Å². The molecule has 0 aliphatic heterocycles. The van der Waals surface area contributed by atoms with Crippen LogP contribution in [-0.4, -0.2) is 35.9 Å². The molecule has 0 radical (unpaired) electrons. The molecule has 0 aliphatic carbocycles. The van der Waals surface area contributed by atoms with Crippen molar-refractivity contribution in [1.82, 2.24) is 0 Å². The first-order chi connectivity index (χ1) is 6.64. The Bertz CT molecular complexity index is 157. The molecule has 0 fully saturated rings. The van der Waals surface area contributed by atoms with Gasteiger partial charge in [-0.2, -0.15) is 0 Å². The predicted octanol–water partition coefficient (Wildman–Crippen LogP) is 2.04. The molecule has 98 valence electrons. The summed E-state index contributed by atoms with van der Waals surface area (Å²) in [5.41, 5.74) is 0. The van der Waals surface area contributed by atoms with E-state index in [1.54, 1.807) is 12.6 Å². The molecule has 0 atom stereocenters. The zero-order valence-electron chi connectivity index (χ0n) is 12.4. The molecule has 0 nitrogen and oxygen atoms in total. The van der Waals surface area contributed by atoms with Gasteiger partial charge in [-0.1, -0.05) is 0 Å². The molecule has 0 unspecified atom stereocenters. The quantitative estimate of drug-likeness (QED) is 0.588. The molecular weight excluding hydrogens is 354 g/mol. The minimum atomic E-state index is -0.970. The van der Waals surface area contributed by atoms with E-state index in [1.807, 2.05) is 0 Å². The van der Waals surface area contributed by atoms with Crippen LogP contribution < -0.4 is 12.4 Å². The van der Waals surface area contributed by atoms with Crippen LogP contribution in [0.1, 0.15) is 19.8 Å². The zero-order chi connectivity index (χ0) is 12.1. The van der Waals surface area contributed by atoms with E-state index in [-0.39, 0.29) is 12.4 Å². The molecule has 0 aromatic carbocycles. The van der Waals surface area contributed by atoms with E-state index in [2.05, 4.69) is 46.2 Å². The molecule has 0 amide bonds. The fourth-order valence-corrected chi connectivity index (χ4v) is 40.4. The number of hydrogen-bond acceptors (Lipinski definition) is 0. The Morgan fingerprint density at radius 2 is 1.19 bits per heavy atom. The fourth-order valence-electron chi connectivity index (χ4n) is 2.17. The van der Waals surface area contributed by atoms with Crippen LogP contribution in [0.3, 0.4) is 0 Å². The first-order valence-electron chi connectivity index (χ1n) is 6.47. The molecule has 0 N–H and O–H groups in total. The molecule has 0 heterocycles. The largest absolute Gasteiger partial charge is 1.00 e. The van der Waals surface area contributed by atoms with Gasteiger partial charge in [-0.25, -0.2) is 0 Å². The minimum absolute atomic E-state index is 0. The molecule has 0 aromatic heterocycles. The maximum Gasteiger partial charge on any atom is -1.00 e. The van der Waals surface area contributed by atoms with E-state index in [0.717, 1.165) is 0 Å². The standard InChI is InChI=1S/2C4H11Si.C4H9.ClH.Sn/c2*1-5(2,3)4;1-3-4-2;;/h2*1H2,2-4H3;1,3-4H2,2H3;1H;/q;;;;+1/p-1. The van der Waals surface area contributed by atoms with E-state index in [9.17, 15) is 0 Å². The van der Waals surface area contributed by atoms with Gasteiger partial charge in [-0.15, -0.1) is 0 Å². The molecule has 0 saturated carbocycles. The van der Waals surface area contributed by atoms with Crippen molar-refractivity contribution >= 4 is 35.9 Å². The van der Waals surface area contributed by atoms with Crippen molar-refractivity contribution in [3.63, 3.8) is 0 Å². The van der Waals surface area contributed by atoms with Crippen molar-refractivity contribution in [2.45, 2.75) is 71.6 Å². The van der Waals surface area contributed by atoms with Crippen LogP contribution in [0.5, 0.6) is 0 Å². The second-order valence-corrected chi connectivity index (χ2v) is 30.0. The summed E-state index contributed by atoms with van der Waals surface area (Å²) >= 11 is -0.970. The predicted molar refractivity (Wildman–Crippen MR) is 81.8 cm³/mol. The van der Waals surface area contributed by atoms with Crippen molar-refractivity contribution in [3.8, 4) is 0 Å². The summed E-state index contributed by atoms with van der Waals surface area (Å²) in [7, 11) is -1.52. The third-order valence-electron chi connectivity index (χ3n) is 2.44. The maximum atomic E-state index is 2.57. The van der Waals surface area contributed by atoms with Gasteiger partial charge in [0.05, 0.1) is 0 Å². The Morgan fingerprint density at radius 3 is 1.44 bits per heavy atom. The Balaban J connectivity index is 0. The monoisotopic (exact) mass is 386 g/mol. The van der Waals surface area contributed by atoms with Crippen LogP contribution in [0.15, 0.2) is 0 Å². The van der Waals surface area contributed by atoms with Crippen LogP contribution in [-0.2, 0) is 0 Å². The summed E-state index contributed by atoms with van der Waals surface area (Å²) in [5, 5.41) is 0. The van der Waals surface area contributed by atoms with Gasteiger partial charge in [0.25, 0.3) is 0 Å². The normalized spacial score (nSPS) is 12.2.